The van der Waals surface area contributed by atoms with Gasteiger partial charge in [-0.2, -0.15) is 0 Å². The standard InChI is InChI=1S/C12H19N2O5S/c1-6(12(18)19)9-5-20-7(2)14(9)11(17)8(13)3-4-10(15)16/h6-9H,1,3-5,13H2,2H3,(H,15,16)(H,18,19)/t6?,7-,8-,9+/m0/s1. The second-order valence-corrected chi connectivity index (χ2v) is 6.08. The Hall–Kier alpha value is -1.28. The number of hydrogen-bond donors (Lipinski definition) is 3. The summed E-state index contributed by atoms with van der Waals surface area (Å²) in [5.74, 6) is -2.94. The number of nitrogens with zero attached hydrogens (tertiary/aromatic N) is 1. The molecule has 0 aliphatic carbocycles. The lowest BCUT2D eigenvalue weighted by Gasteiger charge is -2.31. The molecule has 0 saturated carbocycles. The van der Waals surface area contributed by atoms with Crippen molar-refractivity contribution in [3.05, 3.63) is 6.92 Å². The van der Waals surface area contributed by atoms with Crippen LogP contribution in [0.15, 0.2) is 0 Å². The second kappa shape index (κ2) is 6.94. The van der Waals surface area contributed by atoms with Crippen molar-refractivity contribution in [2.75, 3.05) is 5.75 Å². The lowest BCUT2D eigenvalue weighted by Crippen LogP contribution is -2.52. The van der Waals surface area contributed by atoms with E-state index in [1.807, 2.05) is 0 Å². The monoisotopic (exact) mass is 303 g/mol. The van der Waals surface area contributed by atoms with Gasteiger partial charge in [0.1, 0.15) is 0 Å². The van der Waals surface area contributed by atoms with E-state index in [2.05, 4.69) is 6.92 Å². The number of amides is 1. The van der Waals surface area contributed by atoms with E-state index < -0.39 is 35.8 Å². The van der Waals surface area contributed by atoms with Crippen LogP contribution in [0.1, 0.15) is 19.8 Å². The maximum Gasteiger partial charge on any atom is 0.308 e. The highest BCUT2D eigenvalue weighted by atomic mass is 32.2. The van der Waals surface area contributed by atoms with Crippen LogP contribution < -0.4 is 5.73 Å². The molecule has 8 heteroatoms. The molecule has 1 rings (SSSR count). The van der Waals surface area contributed by atoms with Gasteiger partial charge in [-0.3, -0.25) is 14.4 Å². The fourth-order valence-electron chi connectivity index (χ4n) is 2.08. The first-order chi connectivity index (χ1) is 9.25. The molecule has 1 radical (unpaired) electrons. The van der Waals surface area contributed by atoms with Crippen LogP contribution in [0.5, 0.6) is 0 Å². The van der Waals surface area contributed by atoms with Crippen LogP contribution in [-0.4, -0.2) is 56.2 Å². The van der Waals surface area contributed by atoms with Crippen molar-refractivity contribution in [3.8, 4) is 0 Å². The largest absolute Gasteiger partial charge is 0.481 e. The van der Waals surface area contributed by atoms with Gasteiger partial charge in [0, 0.05) is 12.2 Å². The highest BCUT2D eigenvalue weighted by Crippen LogP contribution is 2.33. The van der Waals surface area contributed by atoms with Gasteiger partial charge in [0.15, 0.2) is 0 Å². The minimum absolute atomic E-state index is 0.0314. The van der Waals surface area contributed by atoms with Crippen molar-refractivity contribution < 1.29 is 24.6 Å². The van der Waals surface area contributed by atoms with Gasteiger partial charge in [-0.1, -0.05) is 0 Å². The zero-order valence-corrected chi connectivity index (χ0v) is 12.0. The fraction of sp³-hybridized carbons (Fsp3) is 0.667. The van der Waals surface area contributed by atoms with Crippen molar-refractivity contribution in [1.29, 1.82) is 0 Å². The molecule has 1 saturated heterocycles. The maximum atomic E-state index is 12.3. The first-order valence-corrected chi connectivity index (χ1v) is 7.27. The first kappa shape index (κ1) is 16.8. The number of hydrogen-bond acceptors (Lipinski definition) is 5. The summed E-state index contributed by atoms with van der Waals surface area (Å²) in [5.41, 5.74) is 5.71. The number of thioether (sulfide) groups is 1. The molecule has 0 bridgehead atoms. The van der Waals surface area contributed by atoms with Crippen molar-refractivity contribution in [2.45, 2.75) is 37.2 Å². The summed E-state index contributed by atoms with van der Waals surface area (Å²) < 4.78 is 0. The van der Waals surface area contributed by atoms with Crippen LogP contribution in [0, 0.1) is 12.8 Å². The van der Waals surface area contributed by atoms with E-state index in [9.17, 15) is 14.4 Å². The fourth-order valence-corrected chi connectivity index (χ4v) is 3.37. The van der Waals surface area contributed by atoms with Gasteiger partial charge in [-0.15, -0.1) is 11.8 Å². The molecule has 0 aromatic carbocycles. The molecular formula is C12H19N2O5S. The molecule has 0 spiro atoms. The van der Waals surface area contributed by atoms with Gasteiger partial charge in [0.2, 0.25) is 5.91 Å². The maximum absolute atomic E-state index is 12.3. The Morgan fingerprint density at radius 1 is 1.45 bits per heavy atom. The van der Waals surface area contributed by atoms with Crippen LogP contribution in [0.4, 0.5) is 0 Å². The molecule has 4 N–H and O–H groups in total. The molecule has 1 amide bonds. The highest BCUT2D eigenvalue weighted by Gasteiger charge is 2.41. The molecule has 4 atom stereocenters. The number of carbonyl (C=O) groups is 3. The van der Waals surface area contributed by atoms with Crippen molar-refractivity contribution in [2.24, 2.45) is 11.7 Å². The summed E-state index contributed by atoms with van der Waals surface area (Å²) in [7, 11) is 0. The Morgan fingerprint density at radius 2 is 2.05 bits per heavy atom. The quantitative estimate of drug-likeness (QED) is 0.631. The molecule has 1 unspecified atom stereocenters. The van der Waals surface area contributed by atoms with Crippen LogP contribution in [0.3, 0.4) is 0 Å². The van der Waals surface area contributed by atoms with Crippen LogP contribution in [0.25, 0.3) is 0 Å². The lowest BCUT2D eigenvalue weighted by molar-refractivity contribution is -0.144. The van der Waals surface area contributed by atoms with Crippen molar-refractivity contribution >= 4 is 29.6 Å². The SMILES string of the molecule is [CH2]C(C(=O)O)[C@H]1CS[C@@H](C)N1C(=O)[C@@H](N)CCC(=O)O. The molecule has 1 fully saturated rings. The molecule has 20 heavy (non-hydrogen) atoms. The van der Waals surface area contributed by atoms with E-state index in [0.717, 1.165) is 0 Å². The molecule has 0 aromatic heterocycles. The summed E-state index contributed by atoms with van der Waals surface area (Å²) >= 11 is 1.46. The number of carboxylic acid groups (broad SMARTS) is 2. The molecule has 7 nitrogen and oxygen atoms in total. The summed E-state index contributed by atoms with van der Waals surface area (Å²) in [4.78, 5) is 35.2. The van der Waals surface area contributed by atoms with Gasteiger partial charge < -0.3 is 20.8 Å². The van der Waals surface area contributed by atoms with Gasteiger partial charge in [-0.25, -0.2) is 0 Å². The molecule has 1 heterocycles. The van der Waals surface area contributed by atoms with E-state index in [-0.39, 0.29) is 18.2 Å². The molecule has 1 aliphatic rings. The smallest absolute Gasteiger partial charge is 0.308 e. The molecule has 0 aromatic rings. The highest BCUT2D eigenvalue weighted by molar-refractivity contribution is 8.00. The van der Waals surface area contributed by atoms with Gasteiger partial charge >= 0.3 is 11.9 Å². The predicted octanol–water partition coefficient (Wildman–Crippen LogP) is 0.00339. The van der Waals surface area contributed by atoms with E-state index in [1.165, 1.54) is 16.7 Å². The van der Waals surface area contributed by atoms with Crippen LogP contribution >= 0.6 is 11.8 Å². The third-order valence-electron chi connectivity index (χ3n) is 3.28. The normalized spacial score (nSPS) is 25.2. The molecule has 1 aliphatic heterocycles. The zero-order chi connectivity index (χ0) is 15.4. The first-order valence-electron chi connectivity index (χ1n) is 6.22. The van der Waals surface area contributed by atoms with Gasteiger partial charge in [0.05, 0.1) is 23.4 Å². The Balaban J connectivity index is 2.76. The van der Waals surface area contributed by atoms with Crippen molar-refractivity contribution in [1.82, 2.24) is 4.90 Å². The Morgan fingerprint density at radius 3 is 2.55 bits per heavy atom. The second-order valence-electron chi connectivity index (χ2n) is 4.73. The van der Waals surface area contributed by atoms with Gasteiger partial charge in [0.25, 0.3) is 0 Å². The Labute approximate surface area is 121 Å². The van der Waals surface area contributed by atoms with Crippen LogP contribution in [-0.2, 0) is 14.4 Å². The molecule has 113 valence electrons. The number of carboxylic acids is 2. The van der Waals surface area contributed by atoms with E-state index in [4.69, 9.17) is 15.9 Å². The van der Waals surface area contributed by atoms with Crippen molar-refractivity contribution in [3.63, 3.8) is 0 Å². The summed E-state index contributed by atoms with van der Waals surface area (Å²) in [6, 6.07) is -1.45. The number of rotatable bonds is 6. The average Bonchev–Trinajstić information content (AvgIpc) is 2.75. The molecular weight excluding hydrogens is 284 g/mol. The zero-order valence-electron chi connectivity index (χ0n) is 11.2. The third kappa shape index (κ3) is 3.86. The van der Waals surface area contributed by atoms with E-state index in [1.54, 1.807) is 6.92 Å². The van der Waals surface area contributed by atoms with Crippen LogP contribution in [0.2, 0.25) is 0 Å². The Kier molecular flexibility index (Phi) is 5.82. The Bertz CT molecular complexity index is 403. The van der Waals surface area contributed by atoms with E-state index in [0.29, 0.717) is 5.75 Å². The van der Waals surface area contributed by atoms with Gasteiger partial charge in [-0.05, 0) is 20.3 Å². The number of aliphatic carboxylic acids is 2. The average molecular weight is 303 g/mol. The van der Waals surface area contributed by atoms with E-state index >= 15 is 0 Å². The number of carbonyl (C=O) groups excluding carboxylic acids is 1. The minimum atomic E-state index is -1.07. The minimum Gasteiger partial charge on any atom is -0.481 e. The third-order valence-corrected chi connectivity index (χ3v) is 4.52. The summed E-state index contributed by atoms with van der Waals surface area (Å²) in [5, 5.41) is 17.4. The predicted molar refractivity (Wildman–Crippen MR) is 73.9 cm³/mol. The lowest BCUT2D eigenvalue weighted by atomic mass is 10.0. The number of nitrogens with two attached hydrogens (primary N) is 1. The topological polar surface area (TPSA) is 121 Å². The summed E-state index contributed by atoms with van der Waals surface area (Å²) in [6.45, 7) is 5.37. The summed E-state index contributed by atoms with van der Waals surface area (Å²) in [6.07, 6.45) is -0.163.